The maximum atomic E-state index is 11.8. The monoisotopic (exact) mass is 260 g/mol. The molecule has 0 N–H and O–H groups in total. The van der Waals surface area contributed by atoms with Crippen molar-refractivity contribution in [3.8, 4) is 6.07 Å². The predicted octanol–water partition coefficient (Wildman–Crippen LogP) is 2.33. The maximum Gasteiger partial charge on any atom is 0.224 e. The predicted molar refractivity (Wildman–Crippen MR) is 73.4 cm³/mol. The average molecular weight is 260 g/mol. The van der Waals surface area contributed by atoms with Crippen molar-refractivity contribution in [3.63, 3.8) is 0 Å². The summed E-state index contributed by atoms with van der Waals surface area (Å²) in [6.45, 7) is 3.72. The van der Waals surface area contributed by atoms with Crippen molar-refractivity contribution in [3.05, 3.63) is 35.4 Å². The SMILES string of the molecule is CCCOCCC(=O)N(C)Cc1cccc(C#N)c1. The molecule has 0 aromatic heterocycles. The van der Waals surface area contributed by atoms with Crippen LogP contribution >= 0.6 is 0 Å². The average Bonchev–Trinajstić information content (AvgIpc) is 2.43. The lowest BCUT2D eigenvalue weighted by molar-refractivity contribution is -0.131. The highest BCUT2D eigenvalue weighted by Crippen LogP contribution is 2.07. The molecule has 0 atom stereocenters. The Morgan fingerprint density at radius 2 is 2.21 bits per heavy atom. The van der Waals surface area contributed by atoms with Gasteiger partial charge in [-0.2, -0.15) is 5.26 Å². The van der Waals surface area contributed by atoms with E-state index in [9.17, 15) is 4.79 Å². The quantitative estimate of drug-likeness (QED) is 0.707. The van der Waals surface area contributed by atoms with E-state index in [2.05, 4.69) is 6.07 Å². The summed E-state index contributed by atoms with van der Waals surface area (Å²) >= 11 is 0. The molecule has 102 valence electrons. The lowest BCUT2D eigenvalue weighted by Gasteiger charge is -2.17. The number of amides is 1. The minimum absolute atomic E-state index is 0.0541. The van der Waals surface area contributed by atoms with Gasteiger partial charge in [0.1, 0.15) is 0 Å². The summed E-state index contributed by atoms with van der Waals surface area (Å²) in [7, 11) is 1.77. The minimum Gasteiger partial charge on any atom is -0.381 e. The van der Waals surface area contributed by atoms with Gasteiger partial charge < -0.3 is 9.64 Å². The fourth-order valence-electron chi connectivity index (χ4n) is 1.70. The molecule has 1 rings (SSSR count). The van der Waals surface area contributed by atoms with E-state index in [-0.39, 0.29) is 5.91 Å². The number of hydrogen-bond acceptors (Lipinski definition) is 3. The first-order valence-corrected chi connectivity index (χ1v) is 6.48. The first-order chi connectivity index (χ1) is 9.17. The maximum absolute atomic E-state index is 11.8. The van der Waals surface area contributed by atoms with E-state index in [1.54, 1.807) is 24.1 Å². The van der Waals surface area contributed by atoms with Gasteiger partial charge in [0.05, 0.1) is 24.7 Å². The molecule has 4 heteroatoms. The van der Waals surface area contributed by atoms with Crippen molar-refractivity contribution in [1.82, 2.24) is 4.90 Å². The molecule has 19 heavy (non-hydrogen) atoms. The van der Waals surface area contributed by atoms with E-state index < -0.39 is 0 Å². The Morgan fingerprint density at radius 1 is 1.42 bits per heavy atom. The summed E-state index contributed by atoms with van der Waals surface area (Å²) in [5, 5.41) is 8.82. The van der Waals surface area contributed by atoms with Gasteiger partial charge in [-0.05, 0) is 24.1 Å². The number of nitrogens with zero attached hydrogens (tertiary/aromatic N) is 2. The second-order valence-electron chi connectivity index (χ2n) is 4.42. The number of benzene rings is 1. The first-order valence-electron chi connectivity index (χ1n) is 6.48. The van der Waals surface area contributed by atoms with Crippen LogP contribution in [-0.4, -0.2) is 31.1 Å². The molecule has 0 unspecified atom stereocenters. The summed E-state index contributed by atoms with van der Waals surface area (Å²) < 4.78 is 5.30. The van der Waals surface area contributed by atoms with Gasteiger partial charge in [-0.15, -0.1) is 0 Å². The molecule has 0 saturated carbocycles. The van der Waals surface area contributed by atoms with E-state index in [0.29, 0.717) is 31.7 Å². The van der Waals surface area contributed by atoms with Crippen molar-refractivity contribution in [1.29, 1.82) is 5.26 Å². The largest absolute Gasteiger partial charge is 0.381 e. The number of carbonyl (C=O) groups is 1. The second-order valence-corrected chi connectivity index (χ2v) is 4.42. The molecule has 1 aromatic rings. The van der Waals surface area contributed by atoms with Crippen LogP contribution in [0.5, 0.6) is 0 Å². The van der Waals surface area contributed by atoms with Gasteiger partial charge in [-0.3, -0.25) is 4.79 Å². The van der Waals surface area contributed by atoms with Crippen molar-refractivity contribution < 1.29 is 9.53 Å². The van der Waals surface area contributed by atoms with Crippen LogP contribution in [0.3, 0.4) is 0 Å². The van der Waals surface area contributed by atoms with Crippen LogP contribution in [-0.2, 0) is 16.1 Å². The lowest BCUT2D eigenvalue weighted by Crippen LogP contribution is -2.27. The van der Waals surface area contributed by atoms with Crippen molar-refractivity contribution >= 4 is 5.91 Å². The van der Waals surface area contributed by atoms with Crippen molar-refractivity contribution in [2.45, 2.75) is 26.3 Å². The van der Waals surface area contributed by atoms with E-state index in [1.807, 2.05) is 19.1 Å². The van der Waals surface area contributed by atoms with Crippen LogP contribution in [0.25, 0.3) is 0 Å². The Balaban J connectivity index is 2.43. The Hall–Kier alpha value is -1.86. The number of hydrogen-bond donors (Lipinski definition) is 0. The summed E-state index contributed by atoms with van der Waals surface area (Å²) in [6.07, 6.45) is 1.36. The first kappa shape index (κ1) is 15.2. The zero-order valence-electron chi connectivity index (χ0n) is 11.6. The van der Waals surface area contributed by atoms with Crippen LogP contribution < -0.4 is 0 Å². The highest BCUT2D eigenvalue weighted by atomic mass is 16.5. The molecule has 0 spiro atoms. The molecule has 0 heterocycles. The zero-order chi connectivity index (χ0) is 14.1. The highest BCUT2D eigenvalue weighted by Gasteiger charge is 2.09. The van der Waals surface area contributed by atoms with Crippen LogP contribution in [0.4, 0.5) is 0 Å². The Bertz CT molecular complexity index is 452. The van der Waals surface area contributed by atoms with Crippen LogP contribution in [0, 0.1) is 11.3 Å². The third-order valence-electron chi connectivity index (χ3n) is 2.71. The Kier molecular flexibility index (Phi) is 6.62. The third-order valence-corrected chi connectivity index (χ3v) is 2.71. The molecule has 0 bridgehead atoms. The van der Waals surface area contributed by atoms with Gasteiger partial charge in [0.25, 0.3) is 0 Å². The van der Waals surface area contributed by atoms with E-state index in [1.165, 1.54) is 0 Å². The van der Waals surface area contributed by atoms with Crippen LogP contribution in [0.15, 0.2) is 24.3 Å². The van der Waals surface area contributed by atoms with E-state index in [0.717, 1.165) is 12.0 Å². The second kappa shape index (κ2) is 8.28. The van der Waals surface area contributed by atoms with Gasteiger partial charge in [0.15, 0.2) is 0 Å². The fourth-order valence-corrected chi connectivity index (χ4v) is 1.70. The summed E-state index contributed by atoms with van der Waals surface area (Å²) in [4.78, 5) is 13.5. The van der Waals surface area contributed by atoms with Gasteiger partial charge in [0.2, 0.25) is 5.91 Å². The van der Waals surface area contributed by atoms with Crippen molar-refractivity contribution in [2.24, 2.45) is 0 Å². The Morgan fingerprint density at radius 3 is 2.89 bits per heavy atom. The van der Waals surface area contributed by atoms with E-state index in [4.69, 9.17) is 10.00 Å². The van der Waals surface area contributed by atoms with Gasteiger partial charge >= 0.3 is 0 Å². The molecular formula is C15H20N2O2. The molecule has 0 fully saturated rings. The third kappa shape index (κ3) is 5.54. The number of rotatable bonds is 7. The summed E-state index contributed by atoms with van der Waals surface area (Å²) in [5.74, 6) is 0.0541. The molecule has 0 aliphatic rings. The smallest absolute Gasteiger partial charge is 0.224 e. The number of ether oxygens (including phenoxy) is 1. The van der Waals surface area contributed by atoms with Gasteiger partial charge in [0, 0.05) is 20.2 Å². The normalized spacial score (nSPS) is 9.95. The molecule has 0 saturated heterocycles. The standard InChI is InChI=1S/C15H20N2O2/c1-3-8-19-9-7-15(18)17(2)12-14-6-4-5-13(10-14)11-16/h4-6,10H,3,7-9,12H2,1-2H3. The molecular weight excluding hydrogens is 240 g/mol. The van der Waals surface area contributed by atoms with E-state index >= 15 is 0 Å². The van der Waals surface area contributed by atoms with Crippen LogP contribution in [0.2, 0.25) is 0 Å². The topological polar surface area (TPSA) is 53.3 Å². The van der Waals surface area contributed by atoms with Crippen LogP contribution in [0.1, 0.15) is 30.9 Å². The molecule has 1 aromatic carbocycles. The van der Waals surface area contributed by atoms with Gasteiger partial charge in [-0.25, -0.2) is 0 Å². The summed E-state index contributed by atoms with van der Waals surface area (Å²) in [6, 6.07) is 9.40. The Labute approximate surface area is 114 Å². The minimum atomic E-state index is 0.0541. The van der Waals surface area contributed by atoms with Gasteiger partial charge in [-0.1, -0.05) is 19.1 Å². The highest BCUT2D eigenvalue weighted by molar-refractivity contribution is 5.75. The zero-order valence-corrected chi connectivity index (χ0v) is 11.6. The lowest BCUT2D eigenvalue weighted by atomic mass is 10.1. The molecule has 1 amide bonds. The van der Waals surface area contributed by atoms with Crippen molar-refractivity contribution in [2.75, 3.05) is 20.3 Å². The molecule has 0 aliphatic carbocycles. The summed E-state index contributed by atoms with van der Waals surface area (Å²) in [5.41, 5.74) is 1.58. The molecule has 4 nitrogen and oxygen atoms in total. The molecule has 0 aliphatic heterocycles. The molecule has 0 radical (unpaired) electrons. The number of carbonyl (C=O) groups excluding carboxylic acids is 1. The number of nitriles is 1. The fraction of sp³-hybridized carbons (Fsp3) is 0.467.